The van der Waals surface area contributed by atoms with Crippen LogP contribution in [0.3, 0.4) is 0 Å². The molecule has 152 valence electrons. The summed E-state index contributed by atoms with van der Waals surface area (Å²) in [6.07, 6.45) is -1.02. The van der Waals surface area contributed by atoms with Crippen molar-refractivity contribution in [2.24, 2.45) is 0 Å². The van der Waals surface area contributed by atoms with Gasteiger partial charge in [0.15, 0.2) is 0 Å². The number of aliphatic hydroxyl groups excluding tert-OH is 1. The molecule has 0 radical (unpaired) electrons. The molecule has 0 fully saturated rings. The summed E-state index contributed by atoms with van der Waals surface area (Å²) < 4.78 is 29.7. The standard InChI is InChI=1S/C20H25FN2O4S/c1-19(2,3)28(27)22-20(4,13-18(24)14-8-6-5-7-9-14)16-12-15(23(25)26)10-11-17(16)21/h5-12,18,22,24H,13H2,1-4H3/t18-,20-,28+/m0/s1. The van der Waals surface area contributed by atoms with Crippen molar-refractivity contribution in [3.63, 3.8) is 0 Å². The van der Waals surface area contributed by atoms with Gasteiger partial charge in [0.05, 0.1) is 16.6 Å². The van der Waals surface area contributed by atoms with Crippen molar-refractivity contribution in [3.05, 3.63) is 75.6 Å². The molecular weight excluding hydrogens is 383 g/mol. The van der Waals surface area contributed by atoms with Gasteiger partial charge in [0.2, 0.25) is 0 Å². The maximum absolute atomic E-state index is 14.7. The third-order valence-corrected chi connectivity index (χ3v) is 6.16. The first kappa shape index (κ1) is 22.3. The number of nitrogens with zero attached hydrogens (tertiary/aromatic N) is 1. The van der Waals surface area contributed by atoms with E-state index < -0.39 is 38.5 Å². The Hall–Kier alpha value is -2.00. The molecule has 0 aliphatic rings. The van der Waals surface area contributed by atoms with Gasteiger partial charge in [-0.05, 0) is 39.3 Å². The van der Waals surface area contributed by atoms with Crippen LogP contribution in [-0.4, -0.2) is 19.3 Å². The third kappa shape index (κ3) is 5.29. The van der Waals surface area contributed by atoms with Gasteiger partial charge in [-0.2, -0.15) is 0 Å². The quantitative estimate of drug-likeness (QED) is 0.408. The van der Waals surface area contributed by atoms with E-state index in [1.165, 1.54) is 0 Å². The van der Waals surface area contributed by atoms with Gasteiger partial charge < -0.3 is 9.66 Å². The van der Waals surface area contributed by atoms with Crippen molar-refractivity contribution in [2.45, 2.75) is 50.5 Å². The van der Waals surface area contributed by atoms with E-state index >= 15 is 0 Å². The average molecular weight is 408 g/mol. The minimum absolute atomic E-state index is 0.0192. The third-order valence-electron chi connectivity index (χ3n) is 4.42. The van der Waals surface area contributed by atoms with Gasteiger partial charge in [-0.25, -0.2) is 4.39 Å². The molecule has 0 bridgehead atoms. The number of nitro benzene ring substituents is 1. The normalized spacial score (nSPS) is 16.2. The number of halogens is 1. The zero-order valence-electron chi connectivity index (χ0n) is 16.3. The molecule has 0 aliphatic carbocycles. The van der Waals surface area contributed by atoms with Gasteiger partial charge in [-0.1, -0.05) is 30.3 Å². The first-order valence-electron chi connectivity index (χ1n) is 8.81. The maximum Gasteiger partial charge on any atom is 0.269 e. The van der Waals surface area contributed by atoms with Crippen LogP contribution in [0.15, 0.2) is 48.5 Å². The average Bonchev–Trinajstić information content (AvgIpc) is 2.61. The van der Waals surface area contributed by atoms with Crippen molar-refractivity contribution >= 4 is 17.0 Å². The van der Waals surface area contributed by atoms with Crippen LogP contribution in [0.2, 0.25) is 0 Å². The van der Waals surface area contributed by atoms with Crippen LogP contribution in [0.25, 0.3) is 0 Å². The molecule has 28 heavy (non-hydrogen) atoms. The van der Waals surface area contributed by atoms with Gasteiger partial charge >= 0.3 is 0 Å². The molecule has 2 aromatic rings. The zero-order chi connectivity index (χ0) is 21.1. The summed E-state index contributed by atoms with van der Waals surface area (Å²) in [5.74, 6) is -0.674. The molecule has 6 nitrogen and oxygen atoms in total. The van der Waals surface area contributed by atoms with Crippen molar-refractivity contribution in [2.75, 3.05) is 0 Å². The Morgan fingerprint density at radius 2 is 1.79 bits per heavy atom. The smallest absolute Gasteiger partial charge is 0.269 e. The number of hydrogen-bond acceptors (Lipinski definition) is 5. The molecule has 0 saturated carbocycles. The second-order valence-corrected chi connectivity index (χ2v) is 9.83. The Balaban J connectivity index is 2.50. The zero-order valence-corrected chi connectivity index (χ0v) is 17.1. The first-order valence-corrected chi connectivity index (χ1v) is 9.96. The largest absolute Gasteiger partial charge is 0.598 e. The van der Waals surface area contributed by atoms with Crippen LogP contribution < -0.4 is 4.72 Å². The molecule has 0 aromatic heterocycles. The highest BCUT2D eigenvalue weighted by Gasteiger charge is 2.41. The molecule has 0 amide bonds. The van der Waals surface area contributed by atoms with Gasteiger partial charge in [-0.15, -0.1) is 4.72 Å². The van der Waals surface area contributed by atoms with Gasteiger partial charge in [0, 0.05) is 35.5 Å². The highest BCUT2D eigenvalue weighted by molar-refractivity contribution is 7.90. The Morgan fingerprint density at radius 3 is 2.32 bits per heavy atom. The number of rotatable bonds is 7. The fourth-order valence-corrected chi connectivity index (χ4v) is 3.70. The van der Waals surface area contributed by atoms with E-state index in [2.05, 4.69) is 4.72 Å². The number of non-ortho nitro benzene ring substituents is 1. The molecule has 2 aromatic carbocycles. The lowest BCUT2D eigenvalue weighted by Crippen LogP contribution is -2.51. The Labute approximate surface area is 167 Å². The molecule has 2 N–H and O–H groups in total. The monoisotopic (exact) mass is 408 g/mol. The lowest BCUT2D eigenvalue weighted by Gasteiger charge is -2.36. The first-order chi connectivity index (χ1) is 12.9. The Kier molecular flexibility index (Phi) is 6.82. The highest BCUT2D eigenvalue weighted by atomic mass is 32.2. The number of aliphatic hydroxyl groups is 1. The SMILES string of the molecule is CC(C)(C)[S@@+]([O-])N[C@@](C)(C[C@H](O)c1ccccc1)c1cc([N+](=O)[O-])ccc1F. The van der Waals surface area contributed by atoms with E-state index in [1.807, 2.05) is 6.07 Å². The van der Waals surface area contributed by atoms with Crippen LogP contribution in [0, 0.1) is 15.9 Å². The summed E-state index contributed by atoms with van der Waals surface area (Å²) in [7, 11) is 0. The fraction of sp³-hybridized carbons (Fsp3) is 0.400. The van der Waals surface area contributed by atoms with Crippen LogP contribution >= 0.6 is 0 Å². The minimum atomic E-state index is -1.60. The summed E-state index contributed by atoms with van der Waals surface area (Å²) in [6, 6.07) is 12.0. The predicted octanol–water partition coefficient (Wildman–Crippen LogP) is 4.12. The van der Waals surface area contributed by atoms with Crippen LogP contribution in [-0.2, 0) is 16.9 Å². The van der Waals surface area contributed by atoms with Crippen molar-refractivity contribution in [3.8, 4) is 0 Å². The van der Waals surface area contributed by atoms with E-state index in [-0.39, 0.29) is 17.7 Å². The fourth-order valence-electron chi connectivity index (χ4n) is 2.79. The van der Waals surface area contributed by atoms with Crippen LogP contribution in [0.4, 0.5) is 10.1 Å². The van der Waals surface area contributed by atoms with Gasteiger partial charge in [-0.3, -0.25) is 10.1 Å². The van der Waals surface area contributed by atoms with Crippen molar-refractivity contribution in [1.82, 2.24) is 4.72 Å². The van der Waals surface area contributed by atoms with E-state index in [0.29, 0.717) is 5.56 Å². The summed E-state index contributed by atoms with van der Waals surface area (Å²) in [5.41, 5.74) is -0.999. The molecule has 0 saturated heterocycles. The maximum atomic E-state index is 14.7. The van der Waals surface area contributed by atoms with E-state index in [9.17, 15) is 24.2 Å². The Morgan fingerprint density at radius 1 is 1.18 bits per heavy atom. The van der Waals surface area contributed by atoms with Crippen molar-refractivity contribution in [1.29, 1.82) is 0 Å². The number of hydrogen-bond donors (Lipinski definition) is 2. The molecular formula is C20H25FN2O4S. The van der Waals surface area contributed by atoms with Crippen LogP contribution in [0.1, 0.15) is 51.3 Å². The summed E-state index contributed by atoms with van der Waals surface area (Å²) in [5, 5.41) is 21.9. The molecule has 0 unspecified atom stereocenters. The summed E-state index contributed by atoms with van der Waals surface area (Å²) >= 11 is -1.60. The second-order valence-electron chi connectivity index (χ2n) is 7.87. The van der Waals surface area contributed by atoms with E-state index in [0.717, 1.165) is 18.2 Å². The van der Waals surface area contributed by atoms with E-state index in [4.69, 9.17) is 0 Å². The number of benzene rings is 2. The lowest BCUT2D eigenvalue weighted by molar-refractivity contribution is -0.385. The lowest BCUT2D eigenvalue weighted by atomic mass is 9.85. The molecule has 0 aliphatic heterocycles. The summed E-state index contributed by atoms with van der Waals surface area (Å²) in [6.45, 7) is 6.86. The van der Waals surface area contributed by atoms with Crippen LogP contribution in [0.5, 0.6) is 0 Å². The highest BCUT2D eigenvalue weighted by Crippen LogP contribution is 2.36. The number of nitro groups is 1. The van der Waals surface area contributed by atoms with Crippen molar-refractivity contribution < 1.29 is 19.0 Å². The molecule has 2 rings (SSSR count). The van der Waals surface area contributed by atoms with Gasteiger partial charge in [0.1, 0.15) is 10.6 Å². The molecule has 0 heterocycles. The Bertz CT molecular complexity index is 829. The molecule has 3 atom stereocenters. The topological polar surface area (TPSA) is 98.5 Å². The molecule has 0 spiro atoms. The second kappa shape index (κ2) is 8.57. The van der Waals surface area contributed by atoms with Gasteiger partial charge in [0.25, 0.3) is 5.69 Å². The molecule has 8 heteroatoms. The van der Waals surface area contributed by atoms with E-state index in [1.54, 1.807) is 52.0 Å². The number of nitrogens with one attached hydrogen (secondary N) is 1. The predicted molar refractivity (Wildman–Crippen MR) is 107 cm³/mol. The minimum Gasteiger partial charge on any atom is -0.598 e. The summed E-state index contributed by atoms with van der Waals surface area (Å²) in [4.78, 5) is 10.6.